The maximum Gasteiger partial charge on any atom is 0.407 e. The number of carbonyl (C=O) groups excluding carboxylic acids is 7. The molecule has 1 aromatic carbocycles. The van der Waals surface area contributed by atoms with Gasteiger partial charge in [0.25, 0.3) is 0 Å². The maximum atomic E-state index is 13.6. The van der Waals surface area contributed by atoms with E-state index in [0.29, 0.717) is 81.4 Å². The lowest BCUT2D eigenvalue weighted by Crippen LogP contribution is -2.54. The Morgan fingerprint density at radius 1 is 0.776 bits per heavy atom. The maximum absolute atomic E-state index is 13.6. The summed E-state index contributed by atoms with van der Waals surface area (Å²) in [5, 5.41) is 25.0. The molecule has 0 radical (unpaired) electrons. The predicted molar refractivity (Wildman–Crippen MR) is 246 cm³/mol. The van der Waals surface area contributed by atoms with E-state index in [1.165, 1.54) is 0 Å². The van der Waals surface area contributed by atoms with E-state index in [2.05, 4.69) is 42.2 Å². The molecular weight excluding hydrogens is 869 g/mol. The lowest BCUT2D eigenvalue weighted by Gasteiger charge is -2.25. The van der Waals surface area contributed by atoms with Crippen LogP contribution in [0.1, 0.15) is 97.0 Å². The third-order valence-electron chi connectivity index (χ3n) is 11.7. The topological polar surface area (TPSA) is 285 Å². The van der Waals surface area contributed by atoms with Crippen LogP contribution in [0, 0.1) is 29.6 Å². The second-order valence-corrected chi connectivity index (χ2v) is 18.0. The number of ketones is 1. The number of benzene rings is 1. The Hall–Kier alpha value is -5.83. The molecule has 0 saturated heterocycles. The SMILES string of the molecule is CC(C)NC(=O)OCc1ccc(NC(=O)[C@H](CCCNC(N)=O)NC(=O)[C@@H](NC(=O)CCOCCn2nnc3c2CCC2C(CC3)C2COC(=O)NCCOCCC(=O)C(C)C)C(C)C)cc1. The number of anilines is 1. The van der Waals surface area contributed by atoms with Gasteiger partial charge in [0.05, 0.1) is 51.0 Å². The number of hydrogen-bond donors (Lipinski definition) is 7. The van der Waals surface area contributed by atoms with Crippen molar-refractivity contribution in [2.45, 2.75) is 124 Å². The molecule has 2 aliphatic carbocycles. The number of Topliss-reactive ketones (excluding diaryl/α,β-unsaturated/α-hetero) is 1. The molecule has 67 heavy (non-hydrogen) atoms. The van der Waals surface area contributed by atoms with Crippen LogP contribution in [0.25, 0.3) is 0 Å². The van der Waals surface area contributed by atoms with Crippen LogP contribution < -0.4 is 37.6 Å². The second-order valence-electron chi connectivity index (χ2n) is 18.0. The van der Waals surface area contributed by atoms with Crippen molar-refractivity contribution >= 4 is 47.4 Å². The summed E-state index contributed by atoms with van der Waals surface area (Å²) in [6.07, 6.45) is 3.27. The van der Waals surface area contributed by atoms with Gasteiger partial charge in [-0.1, -0.05) is 45.0 Å². The molecule has 1 saturated carbocycles. The van der Waals surface area contributed by atoms with Gasteiger partial charge in [-0.05, 0) is 93.7 Å². The van der Waals surface area contributed by atoms with Crippen LogP contribution in [0.2, 0.25) is 0 Å². The number of nitrogens with one attached hydrogen (secondary N) is 6. The van der Waals surface area contributed by atoms with Gasteiger partial charge in [-0.3, -0.25) is 19.2 Å². The zero-order chi connectivity index (χ0) is 48.9. The number of carbonyl (C=O) groups is 7. The number of ether oxygens (including phenoxy) is 4. The second kappa shape index (κ2) is 27.7. The minimum atomic E-state index is -1.01. The average Bonchev–Trinajstić information content (AvgIpc) is 3.78. The third-order valence-corrected chi connectivity index (χ3v) is 11.7. The summed E-state index contributed by atoms with van der Waals surface area (Å²) in [6, 6.07) is 3.95. The molecule has 2 aliphatic rings. The summed E-state index contributed by atoms with van der Waals surface area (Å²) in [7, 11) is 0. The van der Waals surface area contributed by atoms with Crippen LogP contribution in [-0.2, 0) is 64.1 Å². The molecule has 3 unspecified atom stereocenters. The fraction of sp³-hybridized carbons (Fsp3) is 0.674. The summed E-state index contributed by atoms with van der Waals surface area (Å²) < 4.78 is 23.8. The van der Waals surface area contributed by atoms with Gasteiger partial charge in [-0.25, -0.2) is 19.1 Å². The number of rotatable bonds is 28. The minimum absolute atomic E-state index is 0.00294. The summed E-state index contributed by atoms with van der Waals surface area (Å²) in [6.45, 7) is 13.3. The Morgan fingerprint density at radius 2 is 1.48 bits per heavy atom. The first-order valence-electron chi connectivity index (χ1n) is 23.5. The van der Waals surface area contributed by atoms with Crippen molar-refractivity contribution in [2.24, 2.45) is 35.3 Å². The number of alkyl carbamates (subject to hydrolysis) is 2. The number of fused-ring (bicyclic) bond motifs is 2. The van der Waals surface area contributed by atoms with Crippen LogP contribution in [0.5, 0.6) is 0 Å². The van der Waals surface area contributed by atoms with Gasteiger partial charge in [0.2, 0.25) is 17.7 Å². The van der Waals surface area contributed by atoms with Crippen molar-refractivity contribution in [1.82, 2.24) is 41.6 Å². The van der Waals surface area contributed by atoms with Gasteiger partial charge in [0.15, 0.2) is 0 Å². The minimum Gasteiger partial charge on any atom is -0.449 e. The van der Waals surface area contributed by atoms with E-state index >= 15 is 0 Å². The van der Waals surface area contributed by atoms with Crippen molar-refractivity contribution in [2.75, 3.05) is 51.4 Å². The molecule has 21 nitrogen and oxygen atoms in total. The number of primary amides is 1. The van der Waals surface area contributed by atoms with Crippen LogP contribution in [0.15, 0.2) is 24.3 Å². The van der Waals surface area contributed by atoms with Gasteiger partial charge < -0.3 is 56.6 Å². The number of nitrogens with two attached hydrogens (primary N) is 1. The molecule has 5 atom stereocenters. The monoisotopic (exact) mass is 941 g/mol. The molecule has 0 aliphatic heterocycles. The number of amides is 7. The fourth-order valence-electron chi connectivity index (χ4n) is 7.85. The standard InChI is InChI=1S/C46H72N10O11/c1-28(2)39(57)17-22-64-24-20-49-45(62)67-27-35-33-13-15-36-38(16-14-34(33)35)56(55-54-36)21-25-65-23-18-40(58)53-41(29(3)4)43(60)52-37(8-7-19-48-44(47)61)42(59)51-32-11-9-31(10-12-32)26-66-46(63)50-30(5)6/h9-12,28-30,33-35,37,41H,7-8,13-27H2,1-6H3,(H,49,62)(H,50,63)(H,51,59)(H,52,60)(H,53,58)(H3,47,48,61)/t33?,34?,35?,37-,41-/m0/s1. The van der Waals surface area contributed by atoms with E-state index in [1.807, 2.05) is 32.4 Å². The fourth-order valence-corrected chi connectivity index (χ4v) is 7.85. The normalized spacial score (nSPS) is 17.2. The Balaban J connectivity index is 1.17. The highest BCUT2D eigenvalue weighted by Crippen LogP contribution is 2.52. The third kappa shape index (κ3) is 19.1. The molecule has 8 N–H and O–H groups in total. The number of urea groups is 1. The first kappa shape index (κ1) is 53.8. The average molecular weight is 941 g/mol. The molecular formula is C46H72N10O11. The quantitative estimate of drug-likeness (QED) is 0.0605. The number of nitrogens with zero attached hydrogens (tertiary/aromatic N) is 3. The van der Waals surface area contributed by atoms with E-state index in [9.17, 15) is 33.6 Å². The molecule has 0 bridgehead atoms. The molecule has 7 amide bonds. The zero-order valence-corrected chi connectivity index (χ0v) is 39.9. The first-order valence-corrected chi connectivity index (χ1v) is 23.5. The van der Waals surface area contributed by atoms with Crippen molar-refractivity contribution in [1.29, 1.82) is 0 Å². The number of aromatic nitrogens is 3. The van der Waals surface area contributed by atoms with E-state index < -0.39 is 48.0 Å². The number of hydrogen-bond acceptors (Lipinski definition) is 13. The van der Waals surface area contributed by atoms with E-state index in [-0.39, 0.29) is 56.3 Å². The van der Waals surface area contributed by atoms with E-state index in [1.54, 1.807) is 38.1 Å². The van der Waals surface area contributed by atoms with Crippen LogP contribution in [0.3, 0.4) is 0 Å². The van der Waals surface area contributed by atoms with Gasteiger partial charge in [-0.2, -0.15) is 0 Å². The largest absolute Gasteiger partial charge is 0.449 e. The molecule has 372 valence electrons. The van der Waals surface area contributed by atoms with E-state index in [0.717, 1.165) is 37.1 Å². The first-order chi connectivity index (χ1) is 32.0. The van der Waals surface area contributed by atoms with Crippen molar-refractivity contribution in [3.05, 3.63) is 41.2 Å². The summed E-state index contributed by atoms with van der Waals surface area (Å²) >= 11 is 0. The van der Waals surface area contributed by atoms with E-state index in [4.69, 9.17) is 24.7 Å². The highest BCUT2D eigenvalue weighted by molar-refractivity contribution is 5.98. The highest BCUT2D eigenvalue weighted by Gasteiger charge is 2.50. The molecule has 4 rings (SSSR count). The molecule has 2 aromatic rings. The van der Waals surface area contributed by atoms with Crippen molar-refractivity contribution in [3.63, 3.8) is 0 Å². The van der Waals surface area contributed by atoms with Gasteiger partial charge in [0, 0.05) is 43.6 Å². The lowest BCUT2D eigenvalue weighted by atomic mass is 10.0. The molecule has 21 heteroatoms. The van der Waals surface area contributed by atoms with Crippen molar-refractivity contribution < 1.29 is 52.5 Å². The summed E-state index contributed by atoms with van der Waals surface area (Å²) in [5.74, 6) is -0.413. The molecule has 1 heterocycles. The van der Waals surface area contributed by atoms with Crippen molar-refractivity contribution in [3.8, 4) is 0 Å². The smallest absolute Gasteiger partial charge is 0.407 e. The van der Waals surface area contributed by atoms with Gasteiger partial charge in [0.1, 0.15) is 24.5 Å². The Morgan fingerprint density at radius 3 is 2.16 bits per heavy atom. The Bertz CT molecular complexity index is 1940. The molecule has 0 spiro atoms. The van der Waals surface area contributed by atoms with Crippen LogP contribution >= 0.6 is 0 Å². The Kier molecular flexibility index (Phi) is 22.3. The van der Waals surface area contributed by atoms with Crippen LogP contribution in [-0.4, -0.2) is 121 Å². The molecule has 1 fully saturated rings. The Labute approximate surface area is 392 Å². The van der Waals surface area contributed by atoms with Crippen LogP contribution in [0.4, 0.5) is 20.1 Å². The number of aryl methyl sites for hydroxylation is 1. The predicted octanol–water partition coefficient (Wildman–Crippen LogP) is 3.13. The summed E-state index contributed by atoms with van der Waals surface area (Å²) in [5.41, 5.74) is 8.37. The zero-order valence-electron chi connectivity index (χ0n) is 39.9. The van der Waals surface area contributed by atoms with Gasteiger partial charge >= 0.3 is 18.2 Å². The van der Waals surface area contributed by atoms with Gasteiger partial charge in [-0.15, -0.1) is 5.10 Å². The molecule has 1 aromatic heterocycles. The summed E-state index contributed by atoms with van der Waals surface area (Å²) in [4.78, 5) is 87.2. The lowest BCUT2D eigenvalue weighted by molar-refractivity contribution is -0.132. The highest BCUT2D eigenvalue weighted by atomic mass is 16.6.